The van der Waals surface area contributed by atoms with Crippen molar-refractivity contribution in [3.8, 4) is 0 Å². The van der Waals surface area contributed by atoms with Crippen LogP contribution in [0, 0.1) is 5.41 Å². The van der Waals surface area contributed by atoms with Gasteiger partial charge in [-0.05, 0) is 48.1 Å². The van der Waals surface area contributed by atoms with Crippen LogP contribution in [0.15, 0.2) is 30.3 Å². The third-order valence-corrected chi connectivity index (χ3v) is 7.34. The zero-order valence-electron chi connectivity index (χ0n) is 23.9. The molecule has 0 bridgehead atoms. The topological polar surface area (TPSA) is 89.8 Å². The monoisotopic (exact) mass is 599 g/mol. The fourth-order valence-electron chi connectivity index (χ4n) is 5.02. The van der Waals surface area contributed by atoms with E-state index in [9.17, 15) is 9.59 Å². The molecule has 0 spiro atoms. The van der Waals surface area contributed by atoms with E-state index < -0.39 is 0 Å². The predicted octanol–water partition coefficient (Wildman–Crippen LogP) is 4.22. The summed E-state index contributed by atoms with van der Waals surface area (Å²) in [6.07, 6.45) is 0.822. The van der Waals surface area contributed by atoms with E-state index in [0.29, 0.717) is 36.8 Å². The molecule has 1 N–H and O–H groups in total. The van der Waals surface area contributed by atoms with Gasteiger partial charge in [0.2, 0.25) is 0 Å². The van der Waals surface area contributed by atoms with Crippen molar-refractivity contribution in [3.05, 3.63) is 64.0 Å². The van der Waals surface area contributed by atoms with E-state index in [1.165, 1.54) is 0 Å². The molecule has 212 valence electrons. The molecule has 1 fully saturated rings. The van der Waals surface area contributed by atoms with E-state index in [0.717, 1.165) is 61.5 Å². The van der Waals surface area contributed by atoms with Crippen LogP contribution in [0.2, 0.25) is 0 Å². The average molecular weight is 601 g/mol. The number of benzene rings is 1. The third kappa shape index (κ3) is 7.74. The highest BCUT2D eigenvalue weighted by Gasteiger charge is 2.28. The number of fused-ring (bicyclic) bond motifs is 1. The summed E-state index contributed by atoms with van der Waals surface area (Å²) in [5.41, 5.74) is 5.52. The van der Waals surface area contributed by atoms with Crippen LogP contribution in [-0.2, 0) is 34.5 Å². The van der Waals surface area contributed by atoms with Crippen molar-refractivity contribution >= 4 is 34.6 Å². The number of nitrogens with zero attached hydrogens (tertiary/aromatic N) is 4. The van der Waals surface area contributed by atoms with Crippen LogP contribution < -0.4 is 0 Å². The SMILES string of the molecule is Br.CCOC(=O)CN1CCN(Cc2cc(C(=O)CN3Cc4ccc(CC)nc4C3=N)cc(C(C)(C)C)c2)CC1. The number of ketones is 1. The number of esters is 1. The molecule has 0 radical (unpaired) electrons. The van der Waals surface area contributed by atoms with Crippen molar-refractivity contribution in [1.82, 2.24) is 19.7 Å². The van der Waals surface area contributed by atoms with Gasteiger partial charge < -0.3 is 9.64 Å². The molecular weight excluding hydrogens is 558 g/mol. The van der Waals surface area contributed by atoms with Crippen LogP contribution in [0.3, 0.4) is 0 Å². The van der Waals surface area contributed by atoms with Crippen LogP contribution in [0.1, 0.15) is 73.1 Å². The summed E-state index contributed by atoms with van der Waals surface area (Å²) in [5.74, 6) is 0.180. The van der Waals surface area contributed by atoms with Gasteiger partial charge in [0.25, 0.3) is 0 Å². The van der Waals surface area contributed by atoms with Gasteiger partial charge in [0.15, 0.2) is 5.78 Å². The molecule has 0 unspecified atom stereocenters. The Morgan fingerprint density at radius 1 is 1.00 bits per heavy atom. The van der Waals surface area contributed by atoms with Gasteiger partial charge in [-0.3, -0.25) is 24.8 Å². The van der Waals surface area contributed by atoms with Gasteiger partial charge in [-0.25, -0.2) is 4.98 Å². The molecule has 1 saturated heterocycles. The Balaban J connectivity index is 0.00000420. The molecule has 1 aromatic heterocycles. The minimum absolute atomic E-state index is 0. The fraction of sp³-hybridized carbons (Fsp3) is 0.533. The average Bonchev–Trinajstić information content (AvgIpc) is 3.18. The summed E-state index contributed by atoms with van der Waals surface area (Å²) in [6, 6.07) is 10.3. The highest BCUT2D eigenvalue weighted by atomic mass is 79.9. The lowest BCUT2D eigenvalue weighted by Crippen LogP contribution is -2.47. The first-order valence-electron chi connectivity index (χ1n) is 13.7. The number of hydrogen-bond donors (Lipinski definition) is 1. The molecule has 3 heterocycles. The van der Waals surface area contributed by atoms with E-state index >= 15 is 0 Å². The standard InChI is InChI=1S/C30H41N5O3.BrH/c1-6-25-9-8-22-18-35(29(31)28(22)32-25)19-26(36)23-14-21(15-24(16-23)30(3,4)5)17-33-10-12-34(13-11-33)20-27(37)38-7-2;/h8-9,14-16,31H,6-7,10-13,17-20H2,1-5H3;1H. The van der Waals surface area contributed by atoms with Gasteiger partial charge in [0.05, 0.1) is 19.7 Å². The van der Waals surface area contributed by atoms with Gasteiger partial charge in [-0.1, -0.05) is 39.8 Å². The van der Waals surface area contributed by atoms with Crippen molar-refractivity contribution in [1.29, 1.82) is 5.41 Å². The van der Waals surface area contributed by atoms with E-state index in [-0.39, 0.29) is 40.7 Å². The van der Waals surface area contributed by atoms with Crippen LogP contribution >= 0.6 is 17.0 Å². The van der Waals surface area contributed by atoms with Crippen LogP contribution in [0.25, 0.3) is 0 Å². The Kier molecular flexibility index (Phi) is 10.4. The first kappa shape index (κ1) is 30.9. The van der Waals surface area contributed by atoms with Gasteiger partial charge in [-0.2, -0.15) is 0 Å². The largest absolute Gasteiger partial charge is 0.465 e. The second-order valence-electron chi connectivity index (χ2n) is 11.3. The number of rotatable bonds is 9. The number of Topliss-reactive ketones (excluding diaryl/α,β-unsaturated/α-hetero) is 1. The highest BCUT2D eigenvalue weighted by molar-refractivity contribution is 8.93. The summed E-state index contributed by atoms with van der Waals surface area (Å²) >= 11 is 0. The number of halogens is 1. The molecular formula is C30H42BrN5O3. The van der Waals surface area contributed by atoms with Crippen LogP contribution in [-0.4, -0.2) is 83.1 Å². The summed E-state index contributed by atoms with van der Waals surface area (Å²) in [4.78, 5) is 36.3. The number of hydrogen-bond acceptors (Lipinski definition) is 7. The number of carbonyl (C=O) groups is 2. The maximum Gasteiger partial charge on any atom is 0.320 e. The molecule has 0 saturated carbocycles. The molecule has 1 aromatic carbocycles. The Morgan fingerprint density at radius 3 is 2.33 bits per heavy atom. The van der Waals surface area contributed by atoms with Gasteiger partial charge in [-0.15, -0.1) is 17.0 Å². The van der Waals surface area contributed by atoms with Crippen molar-refractivity contribution in [2.75, 3.05) is 45.9 Å². The molecule has 0 atom stereocenters. The molecule has 2 aromatic rings. The number of piperazine rings is 1. The number of carbonyl (C=O) groups excluding carboxylic acids is 2. The van der Waals surface area contributed by atoms with Gasteiger partial charge in [0.1, 0.15) is 11.5 Å². The van der Waals surface area contributed by atoms with E-state index in [1.54, 1.807) is 0 Å². The second-order valence-corrected chi connectivity index (χ2v) is 11.3. The molecule has 0 aliphatic carbocycles. The number of pyridine rings is 1. The number of amidine groups is 1. The Labute approximate surface area is 243 Å². The van der Waals surface area contributed by atoms with E-state index in [1.807, 2.05) is 36.1 Å². The number of aryl methyl sites for hydroxylation is 1. The van der Waals surface area contributed by atoms with Gasteiger partial charge >= 0.3 is 5.97 Å². The summed E-state index contributed by atoms with van der Waals surface area (Å²) in [7, 11) is 0. The smallest absolute Gasteiger partial charge is 0.320 e. The molecule has 2 aliphatic rings. The molecule has 39 heavy (non-hydrogen) atoms. The van der Waals surface area contributed by atoms with Crippen molar-refractivity contribution in [2.45, 2.75) is 59.5 Å². The maximum atomic E-state index is 13.5. The minimum atomic E-state index is -0.169. The number of nitrogens with one attached hydrogen (secondary N) is 1. The molecule has 8 nitrogen and oxygen atoms in total. The minimum Gasteiger partial charge on any atom is -0.465 e. The highest BCUT2D eigenvalue weighted by Crippen LogP contribution is 2.27. The quantitative estimate of drug-likeness (QED) is 0.341. The molecule has 2 aliphatic heterocycles. The van der Waals surface area contributed by atoms with Gasteiger partial charge in [0, 0.05) is 56.1 Å². The van der Waals surface area contributed by atoms with E-state index in [2.05, 4.69) is 48.5 Å². The third-order valence-electron chi connectivity index (χ3n) is 7.34. The first-order chi connectivity index (χ1) is 18.1. The molecule has 0 amide bonds. The van der Waals surface area contributed by atoms with Crippen molar-refractivity contribution in [3.63, 3.8) is 0 Å². The lowest BCUT2D eigenvalue weighted by Gasteiger charge is -2.34. The predicted molar refractivity (Wildman–Crippen MR) is 159 cm³/mol. The summed E-state index contributed by atoms with van der Waals surface area (Å²) in [5, 5.41) is 8.62. The second kappa shape index (κ2) is 13.2. The normalized spacial score (nSPS) is 16.1. The Bertz CT molecular complexity index is 1200. The molecule has 4 rings (SSSR count). The first-order valence-corrected chi connectivity index (χ1v) is 13.7. The zero-order valence-corrected chi connectivity index (χ0v) is 25.6. The summed E-state index contributed by atoms with van der Waals surface area (Å²) < 4.78 is 5.08. The Hall–Kier alpha value is -2.62. The number of ether oxygens (including phenoxy) is 1. The lowest BCUT2D eigenvalue weighted by atomic mass is 9.84. The van der Waals surface area contributed by atoms with Crippen LogP contribution in [0.4, 0.5) is 0 Å². The van der Waals surface area contributed by atoms with Crippen molar-refractivity contribution < 1.29 is 14.3 Å². The Morgan fingerprint density at radius 2 is 1.69 bits per heavy atom. The molecule has 9 heteroatoms. The summed E-state index contributed by atoms with van der Waals surface area (Å²) in [6.45, 7) is 15.9. The zero-order chi connectivity index (χ0) is 27.4. The van der Waals surface area contributed by atoms with Crippen molar-refractivity contribution in [2.24, 2.45) is 0 Å². The lowest BCUT2D eigenvalue weighted by molar-refractivity contribution is -0.144. The fourth-order valence-corrected chi connectivity index (χ4v) is 5.02. The maximum absolute atomic E-state index is 13.5. The van der Waals surface area contributed by atoms with Crippen LogP contribution in [0.5, 0.6) is 0 Å². The number of aromatic nitrogens is 1. The van der Waals surface area contributed by atoms with E-state index in [4.69, 9.17) is 10.1 Å².